The fourth-order valence-electron chi connectivity index (χ4n) is 0.214. The maximum Gasteiger partial charge on any atom is 0.217 e. The first-order valence-electron chi connectivity index (χ1n) is 2.04. The minimum absolute atomic E-state index is 0.295. The van der Waals surface area contributed by atoms with Crippen LogP contribution in [0, 0.1) is 5.41 Å². The number of nitrogens with two attached hydrogens (primary N) is 1. The van der Waals surface area contributed by atoms with E-state index in [0.717, 1.165) is 0 Å². The van der Waals surface area contributed by atoms with Crippen LogP contribution in [0.1, 0.15) is 12.8 Å². The number of carbonyl (C=O) groups is 1. The van der Waals surface area contributed by atoms with Gasteiger partial charge in [-0.2, -0.15) is 0 Å². The predicted octanol–water partition coefficient (Wildman–Crippen LogP) is -0.0985. The van der Waals surface area contributed by atoms with Gasteiger partial charge in [-0.25, -0.2) is 0 Å². The third-order valence-corrected chi connectivity index (χ3v) is 0.535. The Morgan fingerprint density at radius 1 is 1.86 bits per heavy atom. The summed E-state index contributed by atoms with van der Waals surface area (Å²) in [6, 6.07) is 0. The molecule has 0 aromatic carbocycles. The normalized spacial score (nSPS) is 8.00. The lowest BCUT2D eigenvalue weighted by atomic mass is 10.3. The summed E-state index contributed by atoms with van der Waals surface area (Å²) in [4.78, 5) is 9.88. The minimum atomic E-state index is -0.344. The lowest BCUT2D eigenvalue weighted by Crippen LogP contribution is -2.09. The summed E-state index contributed by atoms with van der Waals surface area (Å²) in [5.41, 5.74) is 4.74. The molecule has 0 atom stereocenters. The lowest BCUT2D eigenvalue weighted by Gasteiger charge is -1.82. The van der Waals surface area contributed by atoms with Crippen LogP contribution in [0.25, 0.3) is 0 Å². The van der Waals surface area contributed by atoms with Crippen LogP contribution in [-0.2, 0) is 4.79 Å². The van der Waals surface area contributed by atoms with Gasteiger partial charge in [0.25, 0.3) is 0 Å². The zero-order chi connectivity index (χ0) is 5.70. The van der Waals surface area contributed by atoms with Crippen molar-refractivity contribution in [3.63, 3.8) is 0 Å². The van der Waals surface area contributed by atoms with Crippen molar-refractivity contribution in [1.29, 1.82) is 5.41 Å². The van der Waals surface area contributed by atoms with E-state index in [-0.39, 0.29) is 5.91 Å². The molecule has 0 aromatic heterocycles. The molecule has 3 nitrogen and oxygen atoms in total. The maximum atomic E-state index is 9.88. The van der Waals surface area contributed by atoms with Crippen LogP contribution >= 0.6 is 0 Å². The van der Waals surface area contributed by atoms with E-state index in [1.54, 1.807) is 0 Å². The molecule has 0 rings (SSSR count). The number of amides is 1. The molecule has 40 valence electrons. The van der Waals surface area contributed by atoms with Crippen molar-refractivity contribution in [3.05, 3.63) is 0 Å². The smallest absolute Gasteiger partial charge is 0.217 e. The fraction of sp³-hybridized carbons (Fsp3) is 0.500. The molecule has 0 aliphatic rings. The van der Waals surface area contributed by atoms with Gasteiger partial charge in [-0.05, 0) is 12.6 Å². The van der Waals surface area contributed by atoms with Crippen LogP contribution in [0.3, 0.4) is 0 Å². The van der Waals surface area contributed by atoms with Gasteiger partial charge in [0.05, 0.1) is 0 Å². The van der Waals surface area contributed by atoms with Gasteiger partial charge in [0.2, 0.25) is 5.91 Å². The number of rotatable bonds is 3. The number of nitrogens with one attached hydrogen (secondary N) is 1. The Bertz CT molecular complexity index is 79.8. The predicted molar refractivity (Wildman–Crippen MR) is 27.2 cm³/mol. The lowest BCUT2D eigenvalue weighted by molar-refractivity contribution is -0.117. The van der Waals surface area contributed by atoms with Gasteiger partial charge in [-0.1, -0.05) is 0 Å². The Balaban J connectivity index is 2.97. The highest BCUT2D eigenvalue weighted by Crippen LogP contribution is 1.78. The van der Waals surface area contributed by atoms with Gasteiger partial charge in [-0.15, -0.1) is 0 Å². The second-order valence-corrected chi connectivity index (χ2v) is 1.21. The van der Waals surface area contributed by atoms with Crippen molar-refractivity contribution in [2.75, 3.05) is 0 Å². The molecule has 0 heterocycles. The second-order valence-electron chi connectivity index (χ2n) is 1.21. The van der Waals surface area contributed by atoms with E-state index in [1.165, 1.54) is 6.21 Å². The zero-order valence-electron chi connectivity index (χ0n) is 3.98. The quantitative estimate of drug-likeness (QED) is 0.478. The summed E-state index contributed by atoms with van der Waals surface area (Å²) in [6.07, 6.45) is 1.93. The van der Waals surface area contributed by atoms with Crippen LogP contribution in [0.5, 0.6) is 0 Å². The van der Waals surface area contributed by atoms with Crippen LogP contribution in [-0.4, -0.2) is 12.1 Å². The molecule has 0 fully saturated rings. The summed E-state index contributed by atoms with van der Waals surface area (Å²) in [7, 11) is 0. The molecule has 0 spiro atoms. The van der Waals surface area contributed by atoms with Gasteiger partial charge < -0.3 is 11.1 Å². The first-order valence-corrected chi connectivity index (χ1v) is 2.04. The van der Waals surface area contributed by atoms with E-state index in [2.05, 4.69) is 0 Å². The molecule has 3 N–H and O–H groups in total. The Kier molecular flexibility index (Phi) is 2.92. The van der Waals surface area contributed by atoms with Gasteiger partial charge in [0.15, 0.2) is 0 Å². The SMILES string of the molecule is N=CCCC(N)=O. The summed E-state index contributed by atoms with van der Waals surface area (Å²) >= 11 is 0. The van der Waals surface area contributed by atoms with Crippen molar-refractivity contribution in [1.82, 2.24) is 0 Å². The molecule has 0 unspecified atom stereocenters. The molecular formula is C4H8N2O. The molecule has 0 aromatic rings. The monoisotopic (exact) mass is 100 g/mol. The van der Waals surface area contributed by atoms with Crippen molar-refractivity contribution in [2.24, 2.45) is 5.73 Å². The second kappa shape index (κ2) is 3.33. The van der Waals surface area contributed by atoms with E-state index in [0.29, 0.717) is 12.8 Å². The van der Waals surface area contributed by atoms with Crippen molar-refractivity contribution < 1.29 is 4.79 Å². The van der Waals surface area contributed by atoms with Gasteiger partial charge in [-0.3, -0.25) is 4.79 Å². The average Bonchev–Trinajstić information content (AvgIpc) is 1.61. The standard InChI is InChI=1S/C4H8N2O/c5-3-1-2-4(6)7/h3,5H,1-2H2,(H2,6,7). The Hall–Kier alpha value is -0.860. The fourth-order valence-corrected chi connectivity index (χ4v) is 0.214. The van der Waals surface area contributed by atoms with E-state index >= 15 is 0 Å². The summed E-state index contributed by atoms with van der Waals surface area (Å²) < 4.78 is 0. The van der Waals surface area contributed by atoms with E-state index < -0.39 is 0 Å². The molecule has 0 radical (unpaired) electrons. The molecular weight excluding hydrogens is 92.1 g/mol. The van der Waals surface area contributed by atoms with Crippen molar-refractivity contribution >= 4 is 12.1 Å². The van der Waals surface area contributed by atoms with Crippen molar-refractivity contribution in [3.8, 4) is 0 Å². The van der Waals surface area contributed by atoms with E-state index in [9.17, 15) is 4.79 Å². The van der Waals surface area contributed by atoms with E-state index in [4.69, 9.17) is 11.1 Å². The molecule has 0 aliphatic carbocycles. The molecule has 7 heavy (non-hydrogen) atoms. The third-order valence-electron chi connectivity index (χ3n) is 0.535. The Labute approximate surface area is 42.0 Å². The first kappa shape index (κ1) is 6.14. The minimum Gasteiger partial charge on any atom is -0.370 e. The molecule has 0 bridgehead atoms. The topological polar surface area (TPSA) is 66.9 Å². The summed E-state index contributed by atoms with van der Waals surface area (Å²) in [5.74, 6) is -0.344. The maximum absolute atomic E-state index is 9.88. The summed E-state index contributed by atoms with van der Waals surface area (Å²) in [6.45, 7) is 0. The molecule has 0 aliphatic heterocycles. The summed E-state index contributed by atoms with van der Waals surface area (Å²) in [5, 5.41) is 6.46. The Morgan fingerprint density at radius 2 is 2.43 bits per heavy atom. The van der Waals surface area contributed by atoms with Crippen LogP contribution < -0.4 is 5.73 Å². The third kappa shape index (κ3) is 5.14. The van der Waals surface area contributed by atoms with Crippen molar-refractivity contribution in [2.45, 2.75) is 12.8 Å². The highest BCUT2D eigenvalue weighted by Gasteiger charge is 1.87. The highest BCUT2D eigenvalue weighted by atomic mass is 16.1. The molecule has 0 saturated heterocycles. The molecule has 0 saturated carbocycles. The van der Waals surface area contributed by atoms with Gasteiger partial charge in [0.1, 0.15) is 0 Å². The first-order chi connectivity index (χ1) is 3.27. The van der Waals surface area contributed by atoms with Crippen LogP contribution in [0.15, 0.2) is 0 Å². The van der Waals surface area contributed by atoms with Gasteiger partial charge >= 0.3 is 0 Å². The number of hydrogen-bond acceptors (Lipinski definition) is 2. The number of hydrogen-bond donors (Lipinski definition) is 2. The number of carbonyl (C=O) groups excluding carboxylic acids is 1. The van der Waals surface area contributed by atoms with Gasteiger partial charge in [0, 0.05) is 6.42 Å². The molecule has 1 amide bonds. The largest absolute Gasteiger partial charge is 0.370 e. The zero-order valence-corrected chi connectivity index (χ0v) is 3.98. The van der Waals surface area contributed by atoms with E-state index in [1.807, 2.05) is 0 Å². The van der Waals surface area contributed by atoms with Crippen LogP contribution in [0.2, 0.25) is 0 Å². The molecule has 3 heteroatoms. The Morgan fingerprint density at radius 3 is 2.57 bits per heavy atom. The highest BCUT2D eigenvalue weighted by molar-refractivity contribution is 5.76. The number of primary amides is 1. The average molecular weight is 100 g/mol. The van der Waals surface area contributed by atoms with Crippen LogP contribution in [0.4, 0.5) is 0 Å².